The summed E-state index contributed by atoms with van der Waals surface area (Å²) in [6, 6.07) is 10.9. The molecule has 21 nitrogen and oxygen atoms in total. The lowest BCUT2D eigenvalue weighted by Gasteiger charge is -2.38. The molecule has 2 aromatic carbocycles. The highest BCUT2D eigenvalue weighted by Gasteiger charge is 2.49. The zero-order valence-electron chi connectivity index (χ0n) is 51.4. The number of carbonyl (C=O) groups excluding carboxylic acids is 9. The molecule has 0 saturated carbocycles. The molecule has 0 bridgehead atoms. The van der Waals surface area contributed by atoms with Crippen molar-refractivity contribution in [3.8, 4) is 0 Å². The van der Waals surface area contributed by atoms with E-state index in [9.17, 15) is 58.5 Å². The molecule has 7 N–H and O–H groups in total. The first kappa shape index (κ1) is 70.8. The number of unbranched alkanes of at least 4 members (excludes halogenated alkanes) is 1. The van der Waals surface area contributed by atoms with Gasteiger partial charge < -0.3 is 60.3 Å². The van der Waals surface area contributed by atoms with Crippen LogP contribution in [0.25, 0.3) is 0 Å². The Balaban J connectivity index is 1.27. The van der Waals surface area contributed by atoms with Crippen molar-refractivity contribution < 1.29 is 82.2 Å². The molecule has 3 aliphatic rings. The van der Waals surface area contributed by atoms with Crippen LogP contribution in [-0.2, 0) is 79.7 Å². The predicted molar refractivity (Wildman–Crippen MR) is 318 cm³/mol. The number of esters is 2. The number of carbonyl (C=O) groups is 9. The Bertz CT molecular complexity index is 2700. The number of cyclic esters (lactones) is 2. The maximum atomic E-state index is 14.1. The number of benzene rings is 2. The van der Waals surface area contributed by atoms with Crippen LogP contribution in [0, 0.1) is 36.0 Å². The van der Waals surface area contributed by atoms with E-state index in [0.29, 0.717) is 42.7 Å². The van der Waals surface area contributed by atoms with Crippen molar-refractivity contribution >= 4 is 64.5 Å². The summed E-state index contributed by atoms with van der Waals surface area (Å²) in [4.78, 5) is 121. The predicted octanol–water partition coefficient (Wildman–Crippen LogP) is 5.53. The van der Waals surface area contributed by atoms with E-state index >= 15 is 0 Å². The maximum Gasteiger partial charge on any atom is 0.347 e. The second-order valence-electron chi connectivity index (χ2n) is 24.5. The summed E-state index contributed by atoms with van der Waals surface area (Å²) >= 11 is 6.41. The fraction of sp³-hybridized carbons (Fsp3) is 0.641. The van der Waals surface area contributed by atoms with Gasteiger partial charge in [-0.3, -0.25) is 38.4 Å². The van der Waals surface area contributed by atoms with Crippen LogP contribution in [0.3, 0.4) is 0 Å². The number of ether oxygens (including phenoxy) is 5. The fourth-order valence-corrected chi connectivity index (χ4v) is 10.5. The number of amides is 4. The number of aryl methyl sites for hydroxylation is 2. The van der Waals surface area contributed by atoms with Gasteiger partial charge >= 0.3 is 11.9 Å². The molecule has 5 rings (SSSR count). The van der Waals surface area contributed by atoms with Gasteiger partial charge in [0.25, 0.3) is 5.91 Å². The van der Waals surface area contributed by atoms with Gasteiger partial charge in [-0.2, -0.15) is 0 Å². The summed E-state index contributed by atoms with van der Waals surface area (Å²) in [6.07, 6.45) is -5.21. The topological polar surface area (TPSA) is 312 Å². The van der Waals surface area contributed by atoms with Crippen molar-refractivity contribution in [1.82, 2.24) is 21.3 Å². The molecule has 2 saturated heterocycles. The molecule has 4 amide bonds. The molecule has 3 aliphatic heterocycles. The van der Waals surface area contributed by atoms with Gasteiger partial charge in [0.2, 0.25) is 17.7 Å². The summed E-state index contributed by atoms with van der Waals surface area (Å²) in [7, 11) is 1.22. The highest BCUT2D eigenvalue weighted by Crippen LogP contribution is 2.45. The summed E-state index contributed by atoms with van der Waals surface area (Å²) in [5, 5.41) is 42.4. The molecule has 2 aromatic rings. The van der Waals surface area contributed by atoms with Crippen molar-refractivity contribution in [2.75, 3.05) is 20.2 Å². The monoisotopic (exact) mass is 1220 g/mol. The van der Waals surface area contributed by atoms with Crippen molar-refractivity contribution in [3.63, 3.8) is 0 Å². The molecule has 22 heteroatoms. The van der Waals surface area contributed by atoms with E-state index in [1.807, 2.05) is 77.9 Å². The smallest absolute Gasteiger partial charge is 0.347 e. The number of epoxide rings is 1. The van der Waals surface area contributed by atoms with E-state index in [4.69, 9.17) is 35.3 Å². The lowest BCUT2D eigenvalue weighted by Crippen LogP contribution is -2.61. The lowest BCUT2D eigenvalue weighted by molar-refractivity contribution is -0.283. The number of Topliss-reactive ketones (excluding diaryl/α,β-unsaturated/α-hetero) is 3. The van der Waals surface area contributed by atoms with E-state index in [0.717, 1.165) is 16.7 Å². The number of hydrogen-bond acceptors (Lipinski definition) is 17. The lowest BCUT2D eigenvalue weighted by atomic mass is 9.88. The van der Waals surface area contributed by atoms with Crippen molar-refractivity contribution in [2.45, 2.75) is 213 Å². The molecular formula is C64H91ClN4O17. The van der Waals surface area contributed by atoms with Crippen LogP contribution >= 0.6 is 11.6 Å². The third-order valence-corrected chi connectivity index (χ3v) is 16.6. The molecule has 1 unspecified atom stereocenters. The molecule has 2 fully saturated rings. The molecule has 0 aliphatic carbocycles. The third-order valence-electron chi connectivity index (χ3n) is 16.1. The molecular weight excluding hydrogens is 1130 g/mol. The Morgan fingerprint density at radius 1 is 0.849 bits per heavy atom. The van der Waals surface area contributed by atoms with Crippen molar-refractivity contribution in [2.24, 2.45) is 29.1 Å². The number of hydrogen-bond donors (Lipinski definition) is 7. The summed E-state index contributed by atoms with van der Waals surface area (Å²) in [5.74, 6) is -5.62. The number of nitrogens with one attached hydrogen (secondary N) is 4. The van der Waals surface area contributed by atoms with Gasteiger partial charge in [-0.1, -0.05) is 95.6 Å². The minimum Gasteiger partial charge on any atom is -0.459 e. The molecule has 476 valence electrons. The normalized spacial score (nSPS) is 26.0. The zero-order chi connectivity index (χ0) is 63.6. The number of aliphatic hydroxyl groups is 3. The molecule has 0 radical (unpaired) electrons. The maximum absolute atomic E-state index is 14.1. The van der Waals surface area contributed by atoms with E-state index in [2.05, 4.69) is 21.3 Å². The average molecular weight is 1220 g/mol. The van der Waals surface area contributed by atoms with Crippen LogP contribution in [0.5, 0.6) is 0 Å². The largest absolute Gasteiger partial charge is 0.459 e. The van der Waals surface area contributed by atoms with Crippen LogP contribution < -0.4 is 21.3 Å². The van der Waals surface area contributed by atoms with Gasteiger partial charge in [0.15, 0.2) is 24.3 Å². The minimum absolute atomic E-state index is 0.0434. The fourth-order valence-electron chi connectivity index (χ4n) is 10.3. The van der Waals surface area contributed by atoms with Crippen LogP contribution in [0.4, 0.5) is 0 Å². The van der Waals surface area contributed by atoms with Gasteiger partial charge in [0.1, 0.15) is 48.1 Å². The van der Waals surface area contributed by atoms with E-state index in [1.165, 1.54) is 13.2 Å². The molecule has 3 heterocycles. The second kappa shape index (κ2) is 33.4. The first-order valence-electron chi connectivity index (χ1n) is 30.2. The highest BCUT2D eigenvalue weighted by atomic mass is 35.5. The van der Waals surface area contributed by atoms with Gasteiger partial charge in [0.05, 0.1) is 17.6 Å². The molecule has 0 aromatic heterocycles. The Kier molecular flexibility index (Phi) is 27.5. The Labute approximate surface area is 510 Å². The van der Waals surface area contributed by atoms with Crippen LogP contribution in [0.15, 0.2) is 54.6 Å². The third kappa shape index (κ3) is 21.1. The average Bonchev–Trinajstić information content (AvgIpc) is 3.09. The van der Waals surface area contributed by atoms with E-state index < -0.39 is 120 Å². The Morgan fingerprint density at radius 2 is 1.53 bits per heavy atom. The Morgan fingerprint density at radius 3 is 2.19 bits per heavy atom. The van der Waals surface area contributed by atoms with E-state index in [-0.39, 0.29) is 93.6 Å². The van der Waals surface area contributed by atoms with Gasteiger partial charge in [-0.05, 0) is 106 Å². The number of aliphatic hydroxyl groups excluding tert-OH is 3. The second-order valence-corrected chi connectivity index (χ2v) is 24.9. The first-order valence-corrected chi connectivity index (χ1v) is 30.5. The zero-order valence-corrected chi connectivity index (χ0v) is 52.2. The standard InChI is InChI=1S/C64H91ClN4O17/c1-11-42(70)16-14-17-43(71)33-44(36(4)5)58(77)69-46(18-12-13-29-66-60(79)57-53(75)52(74)54(76)62(82-10)86-57)48(72)28-25-39-23-26-41(27-24-39)56-55(85-56)38(7)49-19-15-20-51(73)68-47(32-40-22-21-37(6)45(65)31-40)59(78)67-34-64(8,9)63(81)84-50(30-35(2)3)61(80)83-49/h15,20-24,26-27,31,35-36,38,44,46-47,49-50,52-57,62,74-76H,11-14,16-19,25,28-30,32-34H2,1-10H3,(H,66,79)(H,67,78)(H,68,73)(H,69,77)/b20-15+/t38-,44-,46-,47+,49-,50-,52-,53-,54+,55+,56+,57?,62+/m0/s1. The number of ketones is 3. The Hall–Kier alpha value is -5.94. The van der Waals surface area contributed by atoms with Crippen molar-refractivity contribution in [1.29, 1.82) is 0 Å². The quantitative estimate of drug-likeness (QED) is 0.0313. The number of halogens is 1. The van der Waals surface area contributed by atoms with Gasteiger partial charge in [-0.25, -0.2) is 4.79 Å². The van der Waals surface area contributed by atoms with Crippen LogP contribution in [0.1, 0.15) is 154 Å². The molecule has 0 spiro atoms. The first-order chi connectivity index (χ1) is 40.6. The van der Waals surface area contributed by atoms with Crippen molar-refractivity contribution in [3.05, 3.63) is 81.9 Å². The molecule has 86 heavy (non-hydrogen) atoms. The van der Waals surface area contributed by atoms with Gasteiger partial charge in [-0.15, -0.1) is 0 Å². The molecule has 13 atom stereocenters. The highest BCUT2D eigenvalue weighted by molar-refractivity contribution is 6.31. The number of methoxy groups -OCH3 is 1. The van der Waals surface area contributed by atoms with Gasteiger partial charge in [0, 0.05) is 82.0 Å². The summed E-state index contributed by atoms with van der Waals surface area (Å²) in [5.41, 5.74) is 1.91. The SMILES string of the molecule is CCC(=O)CCCC(=O)C[C@H](C(=O)N[C@@H](CCCCNC(=O)C1O[C@@H](OC)[C@H](O)[C@@H](O)[C@@H]1O)C(=O)CCc1ccc([C@H]2O[C@@H]2[C@@H](C)[C@@H]2C/C=C/C(=O)N[C@H](Cc3ccc(C)c(Cl)c3)C(=O)NCC(C)(C)C(=O)O[C@@H](CC(C)C)C(=O)O2)cc1)C(C)C. The number of rotatable bonds is 28. The minimum atomic E-state index is -1.72. The summed E-state index contributed by atoms with van der Waals surface area (Å²) < 4.78 is 28.7. The van der Waals surface area contributed by atoms with Crippen LogP contribution in [-0.4, -0.2) is 150 Å². The summed E-state index contributed by atoms with van der Waals surface area (Å²) in [6.45, 7) is 16.0. The van der Waals surface area contributed by atoms with E-state index in [1.54, 1.807) is 32.9 Å². The van der Waals surface area contributed by atoms with Crippen LogP contribution in [0.2, 0.25) is 5.02 Å².